The molecule has 0 rings (SSSR count). The van der Waals surface area contributed by atoms with Crippen molar-refractivity contribution in [3.8, 4) is 0 Å². The molecular formula is C81H155NO5. The summed E-state index contributed by atoms with van der Waals surface area (Å²) >= 11 is 0. The lowest BCUT2D eigenvalue weighted by Gasteiger charge is -2.20. The quantitative estimate of drug-likeness (QED) is 0.0320. The smallest absolute Gasteiger partial charge is 0.305 e. The molecule has 0 saturated carbocycles. The number of amides is 1. The summed E-state index contributed by atoms with van der Waals surface area (Å²) in [6, 6.07) is -0.627. The number of ether oxygens (including phenoxy) is 1. The summed E-state index contributed by atoms with van der Waals surface area (Å²) in [5.74, 6) is -0.0526. The highest BCUT2D eigenvalue weighted by Gasteiger charge is 2.18. The Bertz CT molecular complexity index is 1410. The number of nitrogens with one attached hydrogen (secondary N) is 1. The van der Waals surface area contributed by atoms with E-state index in [9.17, 15) is 19.8 Å². The van der Waals surface area contributed by atoms with Crippen LogP contribution < -0.4 is 5.32 Å². The number of allylic oxidation sites excluding steroid dienone is 5. The van der Waals surface area contributed by atoms with E-state index in [0.29, 0.717) is 19.4 Å². The summed E-state index contributed by atoms with van der Waals surface area (Å²) < 4.78 is 5.49. The second-order valence-electron chi connectivity index (χ2n) is 27.4. The van der Waals surface area contributed by atoms with Crippen LogP contribution in [-0.2, 0) is 14.3 Å². The number of esters is 1. The molecule has 0 spiro atoms. The fraction of sp³-hybridized carbons (Fsp3) is 0.901. The summed E-state index contributed by atoms with van der Waals surface area (Å²) in [4.78, 5) is 24.6. The average Bonchev–Trinajstić information content (AvgIpc) is 3.52. The molecule has 0 aromatic carbocycles. The van der Waals surface area contributed by atoms with E-state index in [1.807, 2.05) is 6.08 Å². The van der Waals surface area contributed by atoms with Crippen molar-refractivity contribution in [2.24, 2.45) is 0 Å². The predicted octanol–water partition coefficient (Wildman–Crippen LogP) is 26.2. The van der Waals surface area contributed by atoms with E-state index in [2.05, 4.69) is 43.5 Å². The van der Waals surface area contributed by atoms with Crippen LogP contribution in [0.15, 0.2) is 36.5 Å². The van der Waals surface area contributed by atoms with Crippen LogP contribution in [0.1, 0.15) is 444 Å². The van der Waals surface area contributed by atoms with E-state index in [1.54, 1.807) is 6.08 Å². The zero-order valence-electron chi connectivity index (χ0n) is 59.0. The molecule has 0 radical (unpaired) electrons. The first-order valence-corrected chi connectivity index (χ1v) is 39.8. The van der Waals surface area contributed by atoms with Crippen molar-refractivity contribution in [2.75, 3.05) is 13.2 Å². The van der Waals surface area contributed by atoms with Crippen LogP contribution >= 0.6 is 0 Å². The third-order valence-corrected chi connectivity index (χ3v) is 18.7. The fourth-order valence-corrected chi connectivity index (χ4v) is 12.6. The molecule has 1 amide bonds. The van der Waals surface area contributed by atoms with Gasteiger partial charge in [-0.25, -0.2) is 0 Å². The lowest BCUT2D eigenvalue weighted by Crippen LogP contribution is -2.45. The van der Waals surface area contributed by atoms with Gasteiger partial charge in [-0.1, -0.05) is 403 Å². The number of hydrogen-bond acceptors (Lipinski definition) is 5. The molecule has 0 aromatic heterocycles. The molecule has 0 bridgehead atoms. The van der Waals surface area contributed by atoms with Gasteiger partial charge in [-0.05, 0) is 64.2 Å². The first-order chi connectivity index (χ1) is 43.0. The maximum atomic E-state index is 12.6. The number of unbranched alkanes of at least 4 members (excludes halogenated alkanes) is 60. The zero-order chi connectivity index (χ0) is 62.8. The van der Waals surface area contributed by atoms with Crippen LogP contribution in [0, 0.1) is 0 Å². The van der Waals surface area contributed by atoms with Crippen LogP contribution in [0.4, 0.5) is 0 Å². The van der Waals surface area contributed by atoms with E-state index in [0.717, 1.165) is 51.4 Å². The highest BCUT2D eigenvalue weighted by molar-refractivity contribution is 5.76. The molecule has 0 aromatic rings. The Kier molecular flexibility index (Phi) is 74.8. The number of hydrogen-bond donors (Lipinski definition) is 3. The minimum absolute atomic E-state index is 0.00649. The van der Waals surface area contributed by atoms with Crippen molar-refractivity contribution in [3.05, 3.63) is 36.5 Å². The third kappa shape index (κ3) is 73.0. The summed E-state index contributed by atoms with van der Waals surface area (Å²) in [7, 11) is 0. The average molecular weight is 1220 g/mol. The first kappa shape index (κ1) is 85.1. The Balaban J connectivity index is 3.37. The Morgan fingerprint density at radius 3 is 0.897 bits per heavy atom. The van der Waals surface area contributed by atoms with Crippen LogP contribution in [0.25, 0.3) is 0 Å². The minimum Gasteiger partial charge on any atom is -0.466 e. The van der Waals surface area contributed by atoms with E-state index in [-0.39, 0.29) is 18.5 Å². The fourth-order valence-electron chi connectivity index (χ4n) is 12.6. The van der Waals surface area contributed by atoms with Crippen LogP contribution in [0.5, 0.6) is 0 Å². The highest BCUT2D eigenvalue weighted by Crippen LogP contribution is 2.20. The van der Waals surface area contributed by atoms with Crippen molar-refractivity contribution in [2.45, 2.75) is 456 Å². The predicted molar refractivity (Wildman–Crippen MR) is 384 cm³/mol. The van der Waals surface area contributed by atoms with Crippen molar-refractivity contribution in [1.82, 2.24) is 5.32 Å². The molecule has 0 aliphatic carbocycles. The number of aliphatic hydroxyl groups is 2. The molecule has 87 heavy (non-hydrogen) atoms. The van der Waals surface area contributed by atoms with Gasteiger partial charge in [0.2, 0.25) is 5.91 Å². The van der Waals surface area contributed by atoms with Crippen LogP contribution in [0.2, 0.25) is 0 Å². The summed E-state index contributed by atoms with van der Waals surface area (Å²) in [5.41, 5.74) is 0. The SMILES string of the molecule is CCCCC/C=C\C/C=C\CCCCCCCC(=O)OCCCCCCCCCCCCCCCCCCCCCCCCCCCCCCCCC(=O)NC(CO)C(O)/C=C/CCCCCCCCCCCCCCCCCCCCCCCCC. The molecule has 0 aliphatic heterocycles. The minimum atomic E-state index is -0.844. The number of carbonyl (C=O) groups excluding carboxylic acids is 2. The summed E-state index contributed by atoms with van der Waals surface area (Å²) in [5, 5.41) is 23.3. The molecule has 0 heterocycles. The topological polar surface area (TPSA) is 95.9 Å². The van der Waals surface area contributed by atoms with Gasteiger partial charge in [0.05, 0.1) is 25.4 Å². The second kappa shape index (κ2) is 76.5. The van der Waals surface area contributed by atoms with Gasteiger partial charge in [0.1, 0.15) is 0 Å². The molecule has 0 fully saturated rings. The number of carbonyl (C=O) groups is 2. The van der Waals surface area contributed by atoms with Crippen molar-refractivity contribution in [3.63, 3.8) is 0 Å². The van der Waals surface area contributed by atoms with Crippen LogP contribution in [0.3, 0.4) is 0 Å². The van der Waals surface area contributed by atoms with Crippen molar-refractivity contribution >= 4 is 11.9 Å². The summed E-state index contributed by atoms with van der Waals surface area (Å²) in [6.07, 6.45) is 99.8. The standard InChI is InChI=1S/C81H155NO5/c1-3-5-7-9-11-13-15-17-19-20-21-22-23-30-33-36-39-42-46-49-53-57-61-65-69-73-79(84)78(77-83)82-80(85)74-70-66-62-58-54-50-47-43-40-37-34-31-28-26-24-25-27-29-32-35-38-41-44-48-52-56-60-64-68-72-76-87-81(86)75-71-67-63-59-55-51-45-18-16-14-12-10-8-6-4-2/h12,14,18,45,69,73,78-79,83-84H,3-11,13,15-17,19-44,46-68,70-72,74-77H2,1-2H3,(H,82,85)/b14-12-,45-18-,73-69+. The van der Waals surface area contributed by atoms with E-state index < -0.39 is 12.1 Å². The summed E-state index contributed by atoms with van der Waals surface area (Å²) in [6.45, 7) is 4.92. The van der Waals surface area contributed by atoms with Crippen LogP contribution in [-0.4, -0.2) is 47.4 Å². The van der Waals surface area contributed by atoms with Gasteiger partial charge < -0.3 is 20.3 Å². The number of rotatable bonds is 75. The van der Waals surface area contributed by atoms with Gasteiger partial charge in [0, 0.05) is 12.8 Å². The Hall–Kier alpha value is -1.92. The van der Waals surface area contributed by atoms with Crippen molar-refractivity contribution < 1.29 is 24.5 Å². The molecular weight excluding hydrogens is 1070 g/mol. The maximum Gasteiger partial charge on any atom is 0.305 e. The molecule has 514 valence electrons. The number of aliphatic hydroxyl groups excluding tert-OH is 2. The normalized spacial score (nSPS) is 12.6. The Morgan fingerprint density at radius 2 is 0.575 bits per heavy atom. The highest BCUT2D eigenvalue weighted by atomic mass is 16.5. The van der Waals surface area contributed by atoms with Gasteiger partial charge in [-0.3, -0.25) is 9.59 Å². The second-order valence-corrected chi connectivity index (χ2v) is 27.4. The van der Waals surface area contributed by atoms with Gasteiger partial charge in [0.25, 0.3) is 0 Å². The van der Waals surface area contributed by atoms with E-state index >= 15 is 0 Å². The van der Waals surface area contributed by atoms with Gasteiger partial charge in [0.15, 0.2) is 0 Å². The lowest BCUT2D eigenvalue weighted by molar-refractivity contribution is -0.143. The Morgan fingerprint density at radius 1 is 0.322 bits per heavy atom. The Labute approximate surface area is 544 Å². The molecule has 3 N–H and O–H groups in total. The largest absolute Gasteiger partial charge is 0.466 e. The van der Waals surface area contributed by atoms with Crippen molar-refractivity contribution in [1.29, 1.82) is 0 Å². The monoisotopic (exact) mass is 1220 g/mol. The molecule has 6 nitrogen and oxygen atoms in total. The van der Waals surface area contributed by atoms with Gasteiger partial charge in [-0.15, -0.1) is 0 Å². The van der Waals surface area contributed by atoms with Gasteiger partial charge in [-0.2, -0.15) is 0 Å². The van der Waals surface area contributed by atoms with Gasteiger partial charge >= 0.3 is 5.97 Å². The molecule has 6 heteroatoms. The first-order valence-electron chi connectivity index (χ1n) is 39.8. The molecule has 0 saturated heterocycles. The van der Waals surface area contributed by atoms with E-state index in [4.69, 9.17) is 4.74 Å². The zero-order valence-corrected chi connectivity index (χ0v) is 59.0. The third-order valence-electron chi connectivity index (χ3n) is 18.7. The molecule has 2 atom stereocenters. The molecule has 2 unspecified atom stereocenters. The van der Waals surface area contributed by atoms with E-state index in [1.165, 1.54) is 366 Å². The maximum absolute atomic E-state index is 12.6. The molecule has 0 aliphatic rings. The lowest BCUT2D eigenvalue weighted by atomic mass is 10.0.